The van der Waals surface area contributed by atoms with Crippen LogP contribution in [0.3, 0.4) is 0 Å². The Labute approximate surface area is 94.6 Å². The maximum absolute atomic E-state index is 12.8. The Balaban J connectivity index is 2.85. The first-order chi connectivity index (χ1) is 6.65. The second kappa shape index (κ2) is 5.22. The van der Waals surface area contributed by atoms with Gasteiger partial charge in [-0.2, -0.15) is 0 Å². The van der Waals surface area contributed by atoms with E-state index >= 15 is 0 Å². The van der Waals surface area contributed by atoms with Crippen LogP contribution in [0.1, 0.15) is 0 Å². The van der Waals surface area contributed by atoms with Crippen molar-refractivity contribution in [3.05, 3.63) is 34.0 Å². The lowest BCUT2D eigenvalue weighted by Crippen LogP contribution is -1.99. The van der Waals surface area contributed by atoms with Crippen LogP contribution in [0.5, 0.6) is 5.75 Å². The summed E-state index contributed by atoms with van der Waals surface area (Å²) in [6, 6.07) is 2.49. The van der Waals surface area contributed by atoms with E-state index in [1.807, 2.05) is 0 Å². The second-order valence-electron chi connectivity index (χ2n) is 2.48. The molecule has 14 heavy (non-hydrogen) atoms. The first-order valence-electron chi connectivity index (χ1n) is 3.77. The topological polar surface area (TPSA) is 35.2 Å². The molecule has 0 unspecified atom stereocenters. The number of halogens is 3. The van der Waals surface area contributed by atoms with Crippen LogP contribution in [0.2, 0.25) is 0 Å². The third-order valence-corrected chi connectivity index (χ3v) is 2.22. The van der Waals surface area contributed by atoms with E-state index in [-0.39, 0.29) is 12.3 Å². The lowest BCUT2D eigenvalue weighted by molar-refractivity contribution is 0.362. The lowest BCUT2D eigenvalue weighted by atomic mass is 10.3. The largest absolute Gasteiger partial charge is 0.486 e. The van der Waals surface area contributed by atoms with Gasteiger partial charge in [-0.25, -0.2) is 4.39 Å². The molecule has 0 bridgehead atoms. The van der Waals surface area contributed by atoms with Crippen LogP contribution >= 0.6 is 27.5 Å². The standard InChI is InChI=1S/C9H8BrClFNO/c10-7-4-6(12)5-8(13)9(7)14-3-1-2-11/h1-2,4-5H,3,13H2/b2-1+. The molecule has 2 N–H and O–H groups in total. The first kappa shape index (κ1) is 11.3. The number of benzene rings is 1. The van der Waals surface area contributed by atoms with Crippen LogP contribution in [-0.4, -0.2) is 6.61 Å². The van der Waals surface area contributed by atoms with E-state index in [0.29, 0.717) is 10.2 Å². The molecule has 1 aromatic carbocycles. The highest BCUT2D eigenvalue weighted by Crippen LogP contribution is 2.32. The highest BCUT2D eigenvalue weighted by molar-refractivity contribution is 9.10. The van der Waals surface area contributed by atoms with Gasteiger partial charge in [0.1, 0.15) is 12.4 Å². The molecule has 0 amide bonds. The van der Waals surface area contributed by atoms with Gasteiger partial charge in [-0.3, -0.25) is 0 Å². The van der Waals surface area contributed by atoms with Crippen LogP contribution < -0.4 is 10.5 Å². The zero-order valence-electron chi connectivity index (χ0n) is 7.14. The van der Waals surface area contributed by atoms with E-state index in [2.05, 4.69) is 15.9 Å². The van der Waals surface area contributed by atoms with Gasteiger partial charge >= 0.3 is 0 Å². The van der Waals surface area contributed by atoms with Crippen molar-refractivity contribution >= 4 is 33.2 Å². The molecule has 0 aliphatic heterocycles. The van der Waals surface area contributed by atoms with E-state index in [1.165, 1.54) is 17.7 Å². The monoisotopic (exact) mass is 279 g/mol. The molecule has 0 spiro atoms. The molecule has 76 valence electrons. The summed E-state index contributed by atoms with van der Waals surface area (Å²) in [4.78, 5) is 0. The van der Waals surface area contributed by atoms with Gasteiger partial charge in [0.25, 0.3) is 0 Å². The number of hydrogen-bond acceptors (Lipinski definition) is 2. The summed E-state index contributed by atoms with van der Waals surface area (Å²) in [7, 11) is 0. The predicted octanol–water partition coefficient (Wildman–Crippen LogP) is 3.30. The Morgan fingerprint density at radius 1 is 1.57 bits per heavy atom. The van der Waals surface area contributed by atoms with Crippen molar-refractivity contribution in [2.45, 2.75) is 0 Å². The van der Waals surface area contributed by atoms with E-state index in [4.69, 9.17) is 22.1 Å². The average Bonchev–Trinajstić information content (AvgIpc) is 2.09. The van der Waals surface area contributed by atoms with Gasteiger partial charge in [0.2, 0.25) is 0 Å². The van der Waals surface area contributed by atoms with Crippen molar-refractivity contribution in [2.24, 2.45) is 0 Å². The van der Waals surface area contributed by atoms with E-state index in [1.54, 1.807) is 6.08 Å². The fourth-order valence-corrected chi connectivity index (χ4v) is 1.54. The molecule has 0 aliphatic carbocycles. The van der Waals surface area contributed by atoms with Gasteiger partial charge in [-0.05, 0) is 28.1 Å². The molecule has 1 rings (SSSR count). The highest BCUT2D eigenvalue weighted by atomic mass is 79.9. The third kappa shape index (κ3) is 2.89. The summed E-state index contributed by atoms with van der Waals surface area (Å²) in [5.74, 6) is 0.00998. The maximum atomic E-state index is 12.8. The van der Waals surface area contributed by atoms with Crippen molar-refractivity contribution < 1.29 is 9.13 Å². The van der Waals surface area contributed by atoms with Gasteiger partial charge < -0.3 is 10.5 Å². The second-order valence-corrected chi connectivity index (χ2v) is 3.58. The molecule has 0 fully saturated rings. The zero-order chi connectivity index (χ0) is 10.6. The average molecular weight is 281 g/mol. The van der Waals surface area contributed by atoms with Gasteiger partial charge in [0, 0.05) is 11.6 Å². The Morgan fingerprint density at radius 2 is 2.29 bits per heavy atom. The van der Waals surface area contributed by atoms with Gasteiger partial charge in [0.05, 0.1) is 10.2 Å². The Kier molecular flexibility index (Phi) is 4.22. The minimum absolute atomic E-state index is 0.250. The lowest BCUT2D eigenvalue weighted by Gasteiger charge is -2.08. The smallest absolute Gasteiger partial charge is 0.157 e. The Bertz CT molecular complexity index is 334. The number of ether oxygens (including phenoxy) is 1. The summed E-state index contributed by atoms with van der Waals surface area (Å²) in [6.07, 6.45) is 1.61. The molecule has 0 aromatic heterocycles. The Morgan fingerprint density at radius 3 is 2.86 bits per heavy atom. The SMILES string of the molecule is Nc1cc(F)cc(Br)c1OC/C=C/Cl. The van der Waals surface area contributed by atoms with Crippen LogP contribution in [0.4, 0.5) is 10.1 Å². The van der Waals surface area contributed by atoms with E-state index in [9.17, 15) is 4.39 Å². The fourth-order valence-electron chi connectivity index (χ4n) is 0.900. The molecule has 0 saturated heterocycles. The highest BCUT2D eigenvalue weighted by Gasteiger charge is 2.07. The molecule has 0 heterocycles. The molecule has 5 heteroatoms. The maximum Gasteiger partial charge on any atom is 0.157 e. The summed E-state index contributed by atoms with van der Waals surface area (Å²) in [5.41, 5.74) is 7.14. The summed E-state index contributed by atoms with van der Waals surface area (Å²) in [5, 5.41) is 0. The van der Waals surface area contributed by atoms with Crippen molar-refractivity contribution in [3.8, 4) is 5.75 Å². The molecule has 0 aliphatic rings. The molecule has 0 saturated carbocycles. The van der Waals surface area contributed by atoms with Gasteiger partial charge in [-0.1, -0.05) is 11.6 Å². The Hall–Kier alpha value is -0.740. The van der Waals surface area contributed by atoms with Crippen LogP contribution in [-0.2, 0) is 0 Å². The summed E-state index contributed by atoms with van der Waals surface area (Å²) < 4.78 is 18.5. The van der Waals surface area contributed by atoms with Gasteiger partial charge in [-0.15, -0.1) is 0 Å². The molecule has 1 aromatic rings. The number of nitrogens with two attached hydrogens (primary N) is 1. The number of nitrogen functional groups attached to an aromatic ring is 1. The third-order valence-electron chi connectivity index (χ3n) is 1.45. The van der Waals surface area contributed by atoms with E-state index in [0.717, 1.165) is 0 Å². The van der Waals surface area contributed by atoms with Crippen LogP contribution in [0.15, 0.2) is 28.2 Å². The molecular formula is C9H8BrClFNO. The molecule has 0 radical (unpaired) electrons. The minimum atomic E-state index is -0.408. The molecule has 2 nitrogen and oxygen atoms in total. The summed E-state index contributed by atoms with van der Waals surface area (Å²) in [6.45, 7) is 0.290. The predicted molar refractivity (Wildman–Crippen MR) is 59.0 cm³/mol. The van der Waals surface area contributed by atoms with Crippen molar-refractivity contribution in [1.82, 2.24) is 0 Å². The fraction of sp³-hybridized carbons (Fsp3) is 0.111. The summed E-state index contributed by atoms with van der Waals surface area (Å²) >= 11 is 8.46. The number of hydrogen-bond donors (Lipinski definition) is 1. The van der Waals surface area contributed by atoms with Gasteiger partial charge in [0.15, 0.2) is 5.75 Å². The number of rotatable bonds is 3. The quantitative estimate of drug-likeness (QED) is 0.862. The zero-order valence-corrected chi connectivity index (χ0v) is 9.48. The molecular weight excluding hydrogens is 272 g/mol. The number of anilines is 1. The van der Waals surface area contributed by atoms with E-state index < -0.39 is 5.82 Å². The van der Waals surface area contributed by atoms with Crippen LogP contribution in [0.25, 0.3) is 0 Å². The van der Waals surface area contributed by atoms with Crippen molar-refractivity contribution in [3.63, 3.8) is 0 Å². The van der Waals surface area contributed by atoms with Crippen molar-refractivity contribution in [1.29, 1.82) is 0 Å². The van der Waals surface area contributed by atoms with Crippen molar-refractivity contribution in [2.75, 3.05) is 12.3 Å². The molecule has 0 atom stereocenters. The minimum Gasteiger partial charge on any atom is -0.486 e. The normalized spacial score (nSPS) is 10.8. The first-order valence-corrected chi connectivity index (χ1v) is 5.00. The van der Waals surface area contributed by atoms with Crippen LogP contribution in [0, 0.1) is 5.82 Å².